The lowest BCUT2D eigenvalue weighted by Crippen LogP contribution is -2.24. The zero-order chi connectivity index (χ0) is 13.1. The van der Waals surface area contributed by atoms with Crippen molar-refractivity contribution in [2.75, 3.05) is 17.6 Å². The van der Waals surface area contributed by atoms with Crippen molar-refractivity contribution in [2.24, 2.45) is 0 Å². The Bertz CT molecular complexity index is 530. The molecule has 94 valence electrons. The van der Waals surface area contributed by atoms with Gasteiger partial charge in [0.05, 0.1) is 18.5 Å². The van der Waals surface area contributed by atoms with E-state index in [-0.39, 0.29) is 10.8 Å². The van der Waals surface area contributed by atoms with E-state index < -0.39 is 21.7 Å². The summed E-state index contributed by atoms with van der Waals surface area (Å²) in [6.07, 6.45) is 0. The highest BCUT2D eigenvalue weighted by Gasteiger charge is 2.17. The molecule has 0 saturated heterocycles. The third kappa shape index (κ3) is 4.20. The molecule has 0 unspecified atom stereocenters. The molecule has 6 nitrogen and oxygen atoms in total. The number of hydrogen-bond donors (Lipinski definition) is 1. The van der Waals surface area contributed by atoms with Crippen LogP contribution in [0.3, 0.4) is 0 Å². The minimum Gasteiger partial charge on any atom is -0.468 e. The fraction of sp³-hybridized carbons (Fsp3) is 0.333. The molecule has 1 heterocycles. The molecule has 1 rings (SSSR count). The highest BCUT2D eigenvalue weighted by Crippen LogP contribution is 2.17. The number of sulfonamides is 1. The quantitative estimate of drug-likeness (QED) is 0.655. The Morgan fingerprint density at radius 2 is 2.18 bits per heavy atom. The third-order valence-corrected chi connectivity index (χ3v) is 3.21. The van der Waals surface area contributed by atoms with Crippen LogP contribution in [0.25, 0.3) is 0 Å². The van der Waals surface area contributed by atoms with Crippen LogP contribution in [0.15, 0.2) is 12.1 Å². The highest BCUT2D eigenvalue weighted by molar-refractivity contribution is 7.93. The molecule has 0 aliphatic rings. The van der Waals surface area contributed by atoms with E-state index in [1.807, 2.05) is 0 Å². The van der Waals surface area contributed by atoms with Gasteiger partial charge in [0.1, 0.15) is 5.15 Å². The molecule has 0 fully saturated rings. The Morgan fingerprint density at radius 1 is 1.53 bits per heavy atom. The Balaban J connectivity index is 2.87. The predicted octanol–water partition coefficient (Wildman–Crippen LogP) is 0.958. The lowest BCUT2D eigenvalue weighted by Gasteiger charge is -2.09. The van der Waals surface area contributed by atoms with Crippen molar-refractivity contribution >= 4 is 33.3 Å². The Kier molecular flexibility index (Phi) is 4.30. The van der Waals surface area contributed by atoms with Crippen LogP contribution in [0.1, 0.15) is 5.69 Å². The van der Waals surface area contributed by atoms with Gasteiger partial charge in [0.25, 0.3) is 0 Å². The van der Waals surface area contributed by atoms with E-state index in [2.05, 4.69) is 14.4 Å². The van der Waals surface area contributed by atoms with Gasteiger partial charge in [-0.2, -0.15) is 0 Å². The lowest BCUT2D eigenvalue weighted by molar-refractivity contribution is -0.137. The number of nitrogens with one attached hydrogen (secondary N) is 1. The van der Waals surface area contributed by atoms with Crippen molar-refractivity contribution in [3.63, 3.8) is 0 Å². The molecule has 0 atom stereocenters. The van der Waals surface area contributed by atoms with E-state index in [1.54, 1.807) is 6.92 Å². The lowest BCUT2D eigenvalue weighted by atomic mass is 10.3. The maximum Gasteiger partial charge on any atom is 0.322 e. The van der Waals surface area contributed by atoms with Crippen molar-refractivity contribution in [3.05, 3.63) is 23.0 Å². The minimum atomic E-state index is -3.79. The fourth-order valence-electron chi connectivity index (χ4n) is 1.06. The van der Waals surface area contributed by atoms with E-state index in [0.29, 0.717) is 5.69 Å². The number of carbonyl (C=O) groups is 1. The molecular formula is C9H11ClN2O4S. The van der Waals surface area contributed by atoms with Gasteiger partial charge in [-0.05, 0) is 19.1 Å². The molecule has 17 heavy (non-hydrogen) atoms. The number of halogens is 1. The monoisotopic (exact) mass is 278 g/mol. The first-order chi connectivity index (χ1) is 7.84. The second-order valence-electron chi connectivity index (χ2n) is 3.20. The van der Waals surface area contributed by atoms with E-state index in [9.17, 15) is 13.2 Å². The van der Waals surface area contributed by atoms with E-state index in [4.69, 9.17) is 11.6 Å². The van der Waals surface area contributed by atoms with Gasteiger partial charge in [0.2, 0.25) is 10.0 Å². The molecule has 8 heteroatoms. The van der Waals surface area contributed by atoms with Crippen molar-refractivity contribution in [1.29, 1.82) is 0 Å². The van der Waals surface area contributed by atoms with E-state index in [0.717, 1.165) is 7.11 Å². The molecule has 0 aromatic carbocycles. The number of carbonyl (C=O) groups excluding carboxylic acids is 1. The zero-order valence-corrected chi connectivity index (χ0v) is 10.8. The van der Waals surface area contributed by atoms with Crippen molar-refractivity contribution in [1.82, 2.24) is 4.98 Å². The molecule has 1 aromatic rings. The molecule has 1 N–H and O–H groups in total. The zero-order valence-electron chi connectivity index (χ0n) is 9.23. The summed E-state index contributed by atoms with van der Waals surface area (Å²) >= 11 is 5.63. The molecule has 0 aliphatic heterocycles. The summed E-state index contributed by atoms with van der Waals surface area (Å²) in [5.41, 5.74) is 0.698. The molecule has 0 spiro atoms. The van der Waals surface area contributed by atoms with Crippen LogP contribution in [0.2, 0.25) is 5.15 Å². The normalized spacial score (nSPS) is 11.0. The van der Waals surface area contributed by atoms with Gasteiger partial charge < -0.3 is 4.74 Å². The summed E-state index contributed by atoms with van der Waals surface area (Å²) < 4.78 is 29.6. The number of anilines is 1. The summed E-state index contributed by atoms with van der Waals surface area (Å²) in [6, 6.07) is 2.92. The van der Waals surface area contributed by atoms with Crippen LogP contribution < -0.4 is 4.72 Å². The molecule has 0 bridgehead atoms. The Labute approximate surface area is 104 Å². The molecule has 0 amide bonds. The Hall–Kier alpha value is -1.34. The largest absolute Gasteiger partial charge is 0.468 e. The van der Waals surface area contributed by atoms with Crippen LogP contribution in [-0.2, 0) is 19.6 Å². The van der Waals surface area contributed by atoms with Gasteiger partial charge in [0, 0.05) is 0 Å². The number of pyridine rings is 1. The van der Waals surface area contributed by atoms with E-state index >= 15 is 0 Å². The number of rotatable bonds is 4. The fourth-order valence-corrected chi connectivity index (χ4v) is 2.30. The topological polar surface area (TPSA) is 85.4 Å². The summed E-state index contributed by atoms with van der Waals surface area (Å²) in [5, 5.41) is 0.262. The number of nitrogens with zero attached hydrogens (tertiary/aromatic N) is 1. The van der Waals surface area contributed by atoms with E-state index in [1.165, 1.54) is 12.1 Å². The first-order valence-corrected chi connectivity index (χ1v) is 6.57. The minimum absolute atomic E-state index is 0.262. The highest BCUT2D eigenvalue weighted by atomic mass is 35.5. The van der Waals surface area contributed by atoms with Crippen LogP contribution in [-0.4, -0.2) is 32.2 Å². The molecular weight excluding hydrogens is 268 g/mol. The summed E-state index contributed by atoms with van der Waals surface area (Å²) in [4.78, 5) is 14.8. The standard InChI is InChI=1S/C9H11ClN2O4S/c1-6-7(3-4-8(10)11-6)12-17(14,15)5-9(13)16-2/h3-4,12H,5H2,1-2H3. The van der Waals surface area contributed by atoms with Crippen LogP contribution in [0.5, 0.6) is 0 Å². The maximum absolute atomic E-state index is 11.5. The molecule has 0 aliphatic carbocycles. The summed E-state index contributed by atoms with van der Waals surface area (Å²) in [7, 11) is -2.67. The number of hydrogen-bond acceptors (Lipinski definition) is 5. The number of aromatic nitrogens is 1. The van der Waals surface area contributed by atoms with Crippen LogP contribution in [0.4, 0.5) is 5.69 Å². The average Bonchev–Trinajstić information content (AvgIpc) is 2.21. The van der Waals surface area contributed by atoms with Gasteiger partial charge in [-0.3, -0.25) is 9.52 Å². The smallest absolute Gasteiger partial charge is 0.322 e. The van der Waals surface area contributed by atoms with Gasteiger partial charge >= 0.3 is 5.97 Å². The second kappa shape index (κ2) is 5.33. The number of ether oxygens (including phenoxy) is 1. The summed E-state index contributed by atoms with van der Waals surface area (Å²) in [6.45, 7) is 1.60. The molecule has 0 saturated carbocycles. The number of aryl methyl sites for hydroxylation is 1. The maximum atomic E-state index is 11.5. The van der Waals surface area contributed by atoms with Gasteiger partial charge in [-0.1, -0.05) is 11.6 Å². The summed E-state index contributed by atoms with van der Waals surface area (Å²) in [5.74, 6) is -1.58. The molecule has 0 radical (unpaired) electrons. The first kappa shape index (κ1) is 13.7. The number of esters is 1. The van der Waals surface area contributed by atoms with Crippen molar-refractivity contribution < 1.29 is 17.9 Å². The van der Waals surface area contributed by atoms with Crippen molar-refractivity contribution in [3.8, 4) is 0 Å². The van der Waals surface area contributed by atoms with Gasteiger partial charge in [-0.25, -0.2) is 13.4 Å². The van der Waals surface area contributed by atoms with Gasteiger partial charge in [-0.15, -0.1) is 0 Å². The predicted molar refractivity (Wildman–Crippen MR) is 63.4 cm³/mol. The second-order valence-corrected chi connectivity index (χ2v) is 5.31. The average molecular weight is 279 g/mol. The first-order valence-electron chi connectivity index (χ1n) is 4.54. The SMILES string of the molecule is COC(=O)CS(=O)(=O)Nc1ccc(Cl)nc1C. The van der Waals surface area contributed by atoms with Gasteiger partial charge in [0.15, 0.2) is 5.75 Å². The number of methoxy groups -OCH3 is 1. The van der Waals surface area contributed by atoms with Crippen LogP contribution in [0, 0.1) is 6.92 Å². The Morgan fingerprint density at radius 3 is 2.71 bits per heavy atom. The third-order valence-electron chi connectivity index (χ3n) is 1.85. The van der Waals surface area contributed by atoms with Crippen LogP contribution >= 0.6 is 11.6 Å². The molecule has 1 aromatic heterocycles. The van der Waals surface area contributed by atoms with Crippen molar-refractivity contribution in [2.45, 2.75) is 6.92 Å².